The van der Waals surface area contributed by atoms with Crippen LogP contribution in [0.25, 0.3) is 11.0 Å². The van der Waals surface area contributed by atoms with Crippen molar-refractivity contribution in [2.24, 2.45) is 7.05 Å². The number of rotatable bonds is 3. The first-order valence-corrected chi connectivity index (χ1v) is 8.79. The Hall–Kier alpha value is -2.63. The van der Waals surface area contributed by atoms with Crippen LogP contribution in [0, 0.1) is 6.92 Å². The zero-order valence-corrected chi connectivity index (χ0v) is 14.7. The van der Waals surface area contributed by atoms with Crippen molar-refractivity contribution < 1.29 is 4.79 Å². The minimum Gasteiger partial charge on any atom is -0.340 e. The lowest BCUT2D eigenvalue weighted by Crippen LogP contribution is -2.41. The fourth-order valence-corrected chi connectivity index (χ4v) is 3.81. The molecule has 0 radical (unpaired) electrons. The number of piperidine rings is 1. The SMILES string of the molecule is Cc1cn(C)c([C@@H]2CCCN(C(=O)Cn3cnc4ccccc43)C2)n1. The molecular weight excluding hydrogens is 314 g/mol. The van der Waals surface area contributed by atoms with E-state index >= 15 is 0 Å². The molecule has 0 spiro atoms. The molecule has 0 unspecified atom stereocenters. The Morgan fingerprint density at radius 2 is 2.16 bits per heavy atom. The number of para-hydroxylation sites is 2. The number of aromatic nitrogens is 4. The molecular formula is C19H23N5O. The maximum absolute atomic E-state index is 12.8. The molecule has 3 heterocycles. The summed E-state index contributed by atoms with van der Waals surface area (Å²) in [5.41, 5.74) is 2.96. The molecule has 6 nitrogen and oxygen atoms in total. The summed E-state index contributed by atoms with van der Waals surface area (Å²) in [5, 5.41) is 0. The van der Waals surface area contributed by atoms with Gasteiger partial charge in [0.1, 0.15) is 12.4 Å². The lowest BCUT2D eigenvalue weighted by molar-refractivity contribution is -0.133. The highest BCUT2D eigenvalue weighted by Crippen LogP contribution is 2.26. The number of carbonyl (C=O) groups excluding carboxylic acids is 1. The first-order chi connectivity index (χ1) is 12.1. The zero-order valence-electron chi connectivity index (χ0n) is 14.7. The number of benzene rings is 1. The van der Waals surface area contributed by atoms with E-state index in [0.717, 1.165) is 48.5 Å². The second-order valence-corrected chi connectivity index (χ2v) is 6.89. The third-order valence-corrected chi connectivity index (χ3v) is 5.00. The van der Waals surface area contributed by atoms with Gasteiger partial charge in [0, 0.05) is 32.3 Å². The van der Waals surface area contributed by atoms with Crippen molar-refractivity contribution in [1.82, 2.24) is 24.0 Å². The van der Waals surface area contributed by atoms with Gasteiger partial charge in [-0.05, 0) is 31.9 Å². The van der Waals surface area contributed by atoms with Gasteiger partial charge in [0.25, 0.3) is 0 Å². The van der Waals surface area contributed by atoms with Crippen LogP contribution in [-0.4, -0.2) is 43.0 Å². The Balaban J connectivity index is 1.49. The van der Waals surface area contributed by atoms with Crippen LogP contribution in [0.2, 0.25) is 0 Å². The Kier molecular flexibility index (Phi) is 4.03. The Labute approximate surface area is 147 Å². The molecule has 1 aliphatic heterocycles. The second-order valence-electron chi connectivity index (χ2n) is 6.89. The molecule has 6 heteroatoms. The minimum absolute atomic E-state index is 0.152. The van der Waals surface area contributed by atoms with Crippen LogP contribution in [0.5, 0.6) is 0 Å². The molecule has 2 aromatic heterocycles. The van der Waals surface area contributed by atoms with Gasteiger partial charge in [-0.1, -0.05) is 12.1 Å². The van der Waals surface area contributed by atoms with Crippen LogP contribution in [0.15, 0.2) is 36.8 Å². The van der Waals surface area contributed by atoms with Gasteiger partial charge in [0.15, 0.2) is 0 Å². The summed E-state index contributed by atoms with van der Waals surface area (Å²) in [6.07, 6.45) is 5.91. The molecule has 1 aromatic carbocycles. The van der Waals surface area contributed by atoms with Crippen LogP contribution < -0.4 is 0 Å². The molecule has 1 saturated heterocycles. The molecule has 3 aromatic rings. The minimum atomic E-state index is 0.152. The van der Waals surface area contributed by atoms with Gasteiger partial charge in [0.2, 0.25) is 5.91 Å². The highest BCUT2D eigenvalue weighted by atomic mass is 16.2. The topological polar surface area (TPSA) is 56.0 Å². The Bertz CT molecular complexity index is 910. The van der Waals surface area contributed by atoms with E-state index in [1.807, 2.05) is 53.9 Å². The summed E-state index contributed by atoms with van der Waals surface area (Å²) in [7, 11) is 2.04. The van der Waals surface area contributed by atoms with Gasteiger partial charge < -0.3 is 14.0 Å². The van der Waals surface area contributed by atoms with Crippen LogP contribution in [0.1, 0.15) is 30.3 Å². The number of likely N-dealkylation sites (tertiary alicyclic amines) is 1. The van der Waals surface area contributed by atoms with Gasteiger partial charge in [-0.2, -0.15) is 0 Å². The first-order valence-electron chi connectivity index (χ1n) is 8.79. The summed E-state index contributed by atoms with van der Waals surface area (Å²) in [6.45, 7) is 3.92. The quantitative estimate of drug-likeness (QED) is 0.738. The van der Waals surface area contributed by atoms with Crippen molar-refractivity contribution in [3.63, 3.8) is 0 Å². The summed E-state index contributed by atoms with van der Waals surface area (Å²) in [5.74, 6) is 1.55. The van der Waals surface area contributed by atoms with Gasteiger partial charge in [-0.25, -0.2) is 9.97 Å². The van der Waals surface area contributed by atoms with Gasteiger partial charge in [-0.3, -0.25) is 4.79 Å². The fourth-order valence-electron chi connectivity index (χ4n) is 3.81. The molecule has 1 aliphatic rings. The molecule has 4 rings (SSSR count). The molecule has 130 valence electrons. The fraction of sp³-hybridized carbons (Fsp3) is 0.421. The smallest absolute Gasteiger partial charge is 0.242 e. The van der Waals surface area contributed by atoms with Crippen molar-refractivity contribution >= 4 is 16.9 Å². The van der Waals surface area contributed by atoms with Crippen LogP contribution in [-0.2, 0) is 18.4 Å². The van der Waals surface area contributed by atoms with Crippen LogP contribution in [0.4, 0.5) is 0 Å². The van der Waals surface area contributed by atoms with E-state index in [1.54, 1.807) is 6.33 Å². The number of amides is 1. The highest BCUT2D eigenvalue weighted by Gasteiger charge is 2.27. The summed E-state index contributed by atoms with van der Waals surface area (Å²) in [4.78, 5) is 23.8. The number of imidazole rings is 2. The number of hydrogen-bond donors (Lipinski definition) is 0. The van der Waals surface area contributed by atoms with E-state index in [-0.39, 0.29) is 5.91 Å². The molecule has 1 fully saturated rings. The van der Waals surface area contributed by atoms with E-state index in [2.05, 4.69) is 14.5 Å². The van der Waals surface area contributed by atoms with Crippen molar-refractivity contribution in [3.05, 3.63) is 48.3 Å². The predicted octanol–water partition coefficient (Wildman–Crippen LogP) is 2.48. The van der Waals surface area contributed by atoms with Crippen molar-refractivity contribution in [2.75, 3.05) is 13.1 Å². The Morgan fingerprint density at radius 1 is 1.32 bits per heavy atom. The summed E-state index contributed by atoms with van der Waals surface area (Å²) < 4.78 is 4.03. The third kappa shape index (κ3) is 3.04. The molecule has 1 amide bonds. The number of carbonyl (C=O) groups is 1. The average molecular weight is 337 g/mol. The molecule has 1 atom stereocenters. The van der Waals surface area contributed by atoms with E-state index in [1.165, 1.54) is 0 Å². The molecule has 0 bridgehead atoms. The summed E-state index contributed by atoms with van der Waals surface area (Å²) >= 11 is 0. The van der Waals surface area contributed by atoms with Crippen LogP contribution in [0.3, 0.4) is 0 Å². The van der Waals surface area contributed by atoms with E-state index in [4.69, 9.17) is 0 Å². The van der Waals surface area contributed by atoms with Crippen LogP contribution >= 0.6 is 0 Å². The number of aryl methyl sites for hydroxylation is 2. The maximum atomic E-state index is 12.8. The lowest BCUT2D eigenvalue weighted by atomic mass is 9.97. The largest absolute Gasteiger partial charge is 0.340 e. The molecule has 25 heavy (non-hydrogen) atoms. The summed E-state index contributed by atoms with van der Waals surface area (Å²) in [6, 6.07) is 7.92. The molecule has 0 saturated carbocycles. The lowest BCUT2D eigenvalue weighted by Gasteiger charge is -2.32. The number of fused-ring (bicyclic) bond motifs is 1. The maximum Gasteiger partial charge on any atom is 0.242 e. The van der Waals surface area contributed by atoms with Crippen molar-refractivity contribution in [2.45, 2.75) is 32.2 Å². The van der Waals surface area contributed by atoms with Crippen molar-refractivity contribution in [3.8, 4) is 0 Å². The number of nitrogens with zero attached hydrogens (tertiary/aromatic N) is 5. The highest BCUT2D eigenvalue weighted by molar-refractivity contribution is 5.80. The Morgan fingerprint density at radius 3 is 2.96 bits per heavy atom. The van der Waals surface area contributed by atoms with E-state index in [9.17, 15) is 4.79 Å². The normalized spacial score (nSPS) is 18.0. The molecule has 0 aliphatic carbocycles. The van der Waals surface area contributed by atoms with E-state index in [0.29, 0.717) is 12.5 Å². The van der Waals surface area contributed by atoms with Gasteiger partial charge in [-0.15, -0.1) is 0 Å². The average Bonchev–Trinajstić information content (AvgIpc) is 3.18. The third-order valence-electron chi connectivity index (χ3n) is 5.00. The predicted molar refractivity (Wildman–Crippen MR) is 96.2 cm³/mol. The monoisotopic (exact) mass is 337 g/mol. The second kappa shape index (κ2) is 6.35. The standard InChI is InChI=1S/C19H23N5O/c1-14-10-22(2)19(21-14)15-6-5-9-23(11-15)18(25)12-24-13-20-16-7-3-4-8-17(16)24/h3-4,7-8,10,13,15H,5-6,9,11-12H2,1-2H3/t15-/m1/s1. The van der Waals surface area contributed by atoms with Crippen molar-refractivity contribution in [1.29, 1.82) is 0 Å². The first kappa shape index (κ1) is 15.9. The van der Waals surface area contributed by atoms with Gasteiger partial charge in [0.05, 0.1) is 23.1 Å². The van der Waals surface area contributed by atoms with E-state index < -0.39 is 0 Å². The number of hydrogen-bond acceptors (Lipinski definition) is 3. The molecule has 0 N–H and O–H groups in total. The zero-order chi connectivity index (χ0) is 17.4. The van der Waals surface area contributed by atoms with Gasteiger partial charge >= 0.3 is 0 Å².